The van der Waals surface area contributed by atoms with E-state index in [4.69, 9.17) is 9.40 Å². The molecule has 0 aliphatic heterocycles. The minimum absolute atomic E-state index is 0.831. The number of furan rings is 1. The number of hydrogen-bond acceptors (Lipinski definition) is 3. The molecule has 3 aromatic heterocycles. The molecule has 0 bridgehead atoms. The average molecular weight is 375 g/mol. The van der Waals surface area contributed by atoms with Crippen molar-refractivity contribution in [1.29, 1.82) is 0 Å². The Bertz CT molecular complexity index is 1510. The minimum atomic E-state index is 0.831. The Kier molecular flexibility index (Phi) is 3.35. The van der Waals surface area contributed by atoms with Gasteiger partial charge in [0.1, 0.15) is 11.4 Å². The molecule has 0 spiro atoms. The summed E-state index contributed by atoms with van der Waals surface area (Å²) in [6, 6.07) is 26.8. The van der Waals surface area contributed by atoms with Crippen LogP contribution in [-0.4, -0.2) is 14.5 Å². The summed E-state index contributed by atoms with van der Waals surface area (Å²) in [7, 11) is 0. The number of nitrogens with zero attached hydrogens (tertiary/aromatic N) is 3. The van der Waals surface area contributed by atoms with Gasteiger partial charge in [0.05, 0.1) is 22.3 Å². The van der Waals surface area contributed by atoms with Gasteiger partial charge in [0.2, 0.25) is 0 Å². The van der Waals surface area contributed by atoms with E-state index in [1.807, 2.05) is 55.6 Å². The molecule has 6 aromatic rings. The van der Waals surface area contributed by atoms with Gasteiger partial charge in [0.25, 0.3) is 0 Å². The lowest BCUT2D eigenvalue weighted by Gasteiger charge is -2.09. The number of aryl methyl sites for hydroxylation is 1. The lowest BCUT2D eigenvalue weighted by Crippen LogP contribution is -1.97. The summed E-state index contributed by atoms with van der Waals surface area (Å²) < 4.78 is 8.54. The molecule has 0 saturated heterocycles. The monoisotopic (exact) mass is 375 g/mol. The molecule has 0 aliphatic carbocycles. The molecule has 29 heavy (non-hydrogen) atoms. The van der Waals surface area contributed by atoms with Crippen molar-refractivity contribution in [3.05, 3.63) is 90.8 Å². The van der Waals surface area contributed by atoms with Gasteiger partial charge < -0.3 is 4.42 Å². The number of benzene rings is 3. The van der Waals surface area contributed by atoms with Crippen LogP contribution in [-0.2, 0) is 0 Å². The quantitative estimate of drug-likeness (QED) is 0.357. The van der Waals surface area contributed by atoms with E-state index < -0.39 is 0 Å². The first-order valence-corrected chi connectivity index (χ1v) is 9.61. The van der Waals surface area contributed by atoms with Gasteiger partial charge in [-0.2, -0.15) is 0 Å². The lowest BCUT2D eigenvalue weighted by atomic mass is 10.1. The molecule has 3 aromatic carbocycles. The fourth-order valence-corrected chi connectivity index (χ4v) is 4.08. The number of hydrogen-bond donors (Lipinski definition) is 0. The van der Waals surface area contributed by atoms with Crippen LogP contribution in [0.3, 0.4) is 0 Å². The molecule has 138 valence electrons. The maximum absolute atomic E-state index is 6.34. The standard InChI is InChI=1S/C25H17N3O/c1-16-23-19(14-15-26-16)18-10-7-11-20(24(18)29-23)25-27-21-12-5-6-13-22(21)28(25)17-8-3-2-4-9-17/h2-15H,1H3. The van der Waals surface area contributed by atoms with Gasteiger partial charge >= 0.3 is 0 Å². The fourth-order valence-electron chi connectivity index (χ4n) is 4.08. The first-order chi connectivity index (χ1) is 14.3. The van der Waals surface area contributed by atoms with E-state index in [2.05, 4.69) is 45.9 Å². The van der Waals surface area contributed by atoms with Crippen LogP contribution < -0.4 is 0 Å². The zero-order chi connectivity index (χ0) is 19.4. The van der Waals surface area contributed by atoms with Crippen molar-refractivity contribution in [1.82, 2.24) is 14.5 Å². The molecule has 0 unspecified atom stereocenters. The molecule has 3 heterocycles. The number of aromatic nitrogens is 3. The highest BCUT2D eigenvalue weighted by Gasteiger charge is 2.19. The van der Waals surface area contributed by atoms with Crippen molar-refractivity contribution in [3.8, 4) is 17.1 Å². The van der Waals surface area contributed by atoms with E-state index in [1.54, 1.807) is 0 Å². The SMILES string of the molecule is Cc1nccc2c1oc1c(-c3nc4ccccc4n3-c3ccccc3)cccc12. The van der Waals surface area contributed by atoms with Crippen LogP contribution in [0.15, 0.2) is 89.5 Å². The summed E-state index contributed by atoms with van der Waals surface area (Å²) in [6.45, 7) is 1.98. The van der Waals surface area contributed by atoms with Crippen LogP contribution >= 0.6 is 0 Å². The van der Waals surface area contributed by atoms with E-state index in [0.717, 1.165) is 55.7 Å². The zero-order valence-corrected chi connectivity index (χ0v) is 15.8. The number of rotatable bonds is 2. The molecule has 4 heteroatoms. The topological polar surface area (TPSA) is 43.9 Å². The highest BCUT2D eigenvalue weighted by Crippen LogP contribution is 2.38. The Hall–Kier alpha value is -3.92. The molecule has 0 saturated carbocycles. The molecule has 6 rings (SSSR count). The second kappa shape index (κ2) is 6.04. The third kappa shape index (κ3) is 2.32. The lowest BCUT2D eigenvalue weighted by molar-refractivity contribution is 0.663. The highest BCUT2D eigenvalue weighted by atomic mass is 16.3. The van der Waals surface area contributed by atoms with Crippen molar-refractivity contribution in [3.63, 3.8) is 0 Å². The Morgan fingerprint density at radius 2 is 1.55 bits per heavy atom. The van der Waals surface area contributed by atoms with Gasteiger partial charge in [-0.15, -0.1) is 0 Å². The van der Waals surface area contributed by atoms with Gasteiger partial charge in [-0.3, -0.25) is 9.55 Å². The van der Waals surface area contributed by atoms with Crippen molar-refractivity contribution < 1.29 is 4.42 Å². The van der Waals surface area contributed by atoms with Crippen molar-refractivity contribution >= 4 is 33.0 Å². The molecule has 0 aliphatic rings. The summed E-state index contributed by atoms with van der Waals surface area (Å²) in [4.78, 5) is 9.38. The molecular formula is C25H17N3O. The maximum atomic E-state index is 6.34. The summed E-state index contributed by atoms with van der Waals surface area (Å²) in [5, 5.41) is 2.16. The second-order valence-corrected chi connectivity index (χ2v) is 7.15. The predicted molar refractivity (Wildman–Crippen MR) is 116 cm³/mol. The summed E-state index contributed by atoms with van der Waals surface area (Å²) in [5.74, 6) is 0.868. The molecule has 0 N–H and O–H groups in total. The third-order valence-electron chi connectivity index (χ3n) is 5.41. The van der Waals surface area contributed by atoms with Crippen LogP contribution in [0.5, 0.6) is 0 Å². The summed E-state index contributed by atoms with van der Waals surface area (Å²) in [5.41, 5.74) is 6.63. The Balaban J connectivity index is 1.75. The van der Waals surface area contributed by atoms with Crippen LogP contribution in [0.25, 0.3) is 50.0 Å². The molecule has 0 radical (unpaired) electrons. The summed E-state index contributed by atoms with van der Waals surface area (Å²) >= 11 is 0. The van der Waals surface area contributed by atoms with E-state index in [9.17, 15) is 0 Å². The van der Waals surface area contributed by atoms with E-state index in [1.165, 1.54) is 0 Å². The Morgan fingerprint density at radius 1 is 0.759 bits per heavy atom. The number of pyridine rings is 1. The highest BCUT2D eigenvalue weighted by molar-refractivity contribution is 6.09. The van der Waals surface area contributed by atoms with E-state index >= 15 is 0 Å². The van der Waals surface area contributed by atoms with Crippen LogP contribution in [0, 0.1) is 6.92 Å². The van der Waals surface area contributed by atoms with Gasteiger partial charge in [-0.25, -0.2) is 4.98 Å². The van der Waals surface area contributed by atoms with Crippen molar-refractivity contribution in [2.75, 3.05) is 0 Å². The second-order valence-electron chi connectivity index (χ2n) is 7.15. The average Bonchev–Trinajstić information content (AvgIpc) is 3.34. The smallest absolute Gasteiger partial charge is 0.156 e. The minimum Gasteiger partial charge on any atom is -0.453 e. The normalized spacial score (nSPS) is 11.6. The van der Waals surface area contributed by atoms with E-state index in [-0.39, 0.29) is 0 Å². The number of fused-ring (bicyclic) bond motifs is 4. The summed E-state index contributed by atoms with van der Waals surface area (Å²) in [6.07, 6.45) is 1.83. The molecule has 0 amide bonds. The number of para-hydroxylation sites is 4. The van der Waals surface area contributed by atoms with Crippen molar-refractivity contribution in [2.45, 2.75) is 6.92 Å². The van der Waals surface area contributed by atoms with Crippen LogP contribution in [0.1, 0.15) is 5.69 Å². The van der Waals surface area contributed by atoms with Gasteiger partial charge in [-0.05, 0) is 43.3 Å². The van der Waals surface area contributed by atoms with Gasteiger partial charge in [-0.1, -0.05) is 42.5 Å². The maximum Gasteiger partial charge on any atom is 0.156 e. The Labute approximate surface area is 167 Å². The van der Waals surface area contributed by atoms with Crippen LogP contribution in [0.2, 0.25) is 0 Å². The first-order valence-electron chi connectivity index (χ1n) is 9.61. The largest absolute Gasteiger partial charge is 0.453 e. The first kappa shape index (κ1) is 16.1. The van der Waals surface area contributed by atoms with Crippen molar-refractivity contribution in [2.24, 2.45) is 0 Å². The molecular weight excluding hydrogens is 358 g/mol. The third-order valence-corrected chi connectivity index (χ3v) is 5.41. The van der Waals surface area contributed by atoms with Crippen LogP contribution in [0.4, 0.5) is 0 Å². The fraction of sp³-hybridized carbons (Fsp3) is 0.0400. The number of imidazole rings is 1. The molecule has 0 fully saturated rings. The molecule has 0 atom stereocenters. The predicted octanol–water partition coefficient (Wildman–Crippen LogP) is 6.30. The van der Waals surface area contributed by atoms with E-state index in [0.29, 0.717) is 0 Å². The molecule has 4 nitrogen and oxygen atoms in total. The Morgan fingerprint density at radius 3 is 2.45 bits per heavy atom. The van der Waals surface area contributed by atoms with Gasteiger partial charge in [0, 0.05) is 22.7 Å². The van der Waals surface area contributed by atoms with Gasteiger partial charge in [0.15, 0.2) is 5.58 Å². The zero-order valence-electron chi connectivity index (χ0n) is 15.8.